The molecule has 2 unspecified atom stereocenters. The van der Waals surface area contributed by atoms with Crippen LogP contribution in [0.3, 0.4) is 0 Å². The average molecular weight is 290 g/mol. The first-order valence-corrected chi connectivity index (χ1v) is 8.35. The normalized spacial score (nSPS) is 41.7. The smallest absolute Gasteiger partial charge is 0.427 e. The average Bonchev–Trinajstić information content (AvgIpc) is 3.06. The first kappa shape index (κ1) is 16.9. The molecule has 3 heteroatoms. The number of hydrogen-bond acceptors (Lipinski definition) is 2. The van der Waals surface area contributed by atoms with Gasteiger partial charge in [-0.2, -0.15) is 0 Å². The van der Waals surface area contributed by atoms with Crippen LogP contribution < -0.4 is 0 Å². The van der Waals surface area contributed by atoms with E-state index in [2.05, 4.69) is 47.5 Å². The zero-order valence-electron chi connectivity index (χ0n) is 14.6. The molecular weight excluding hydrogens is 259 g/mol. The number of terminal acetylenes is 1. The lowest BCUT2D eigenvalue weighted by molar-refractivity contribution is -0.00560. The first-order valence-electron chi connectivity index (χ1n) is 8.35. The largest absolute Gasteiger partial charge is 0.461 e. The highest BCUT2D eigenvalue weighted by atomic mass is 16.5. The molecule has 0 bridgehead atoms. The molecule has 0 radical (unpaired) electrons. The summed E-state index contributed by atoms with van der Waals surface area (Å²) in [5.41, 5.74) is -0.0167. The van der Waals surface area contributed by atoms with E-state index in [1.165, 1.54) is 0 Å². The highest BCUT2D eigenvalue weighted by molar-refractivity contribution is 6.48. The topological polar surface area (TPSA) is 29.5 Å². The van der Waals surface area contributed by atoms with Gasteiger partial charge in [-0.1, -0.05) is 40.5 Å². The summed E-state index contributed by atoms with van der Waals surface area (Å²) < 4.78 is 6.11. The Kier molecular flexibility index (Phi) is 4.28. The molecule has 0 aliphatic heterocycles. The van der Waals surface area contributed by atoms with Gasteiger partial charge in [-0.25, -0.2) is 0 Å². The van der Waals surface area contributed by atoms with Crippen LogP contribution in [0.15, 0.2) is 0 Å². The third kappa shape index (κ3) is 3.17. The lowest BCUT2D eigenvalue weighted by Crippen LogP contribution is -2.46. The maximum atomic E-state index is 10.6. The molecule has 0 spiro atoms. The van der Waals surface area contributed by atoms with Crippen molar-refractivity contribution in [3.05, 3.63) is 0 Å². The highest BCUT2D eigenvalue weighted by Gasteiger charge is 2.61. The summed E-state index contributed by atoms with van der Waals surface area (Å²) in [5, 5.41) is 10.5. The molecule has 4 atom stereocenters. The second kappa shape index (κ2) is 5.32. The Labute approximate surface area is 131 Å². The van der Waals surface area contributed by atoms with Crippen LogP contribution in [-0.2, 0) is 4.65 Å². The molecule has 2 nitrogen and oxygen atoms in total. The fourth-order valence-electron chi connectivity index (χ4n) is 4.41. The van der Waals surface area contributed by atoms with E-state index in [9.17, 15) is 5.02 Å². The molecular formula is C18H31BO2. The second-order valence-electron chi connectivity index (χ2n) is 8.98. The standard InChI is InChI=1S/C18H31BO2/c1-8-17(6)12-16(4,5)10-9-15(17)21-19(20)18(7)11-14(18)13(2)3/h1,13-15,20H,9-12H2,2-7H3/t14?,15-,17-,18?/m1/s1. The van der Waals surface area contributed by atoms with E-state index in [4.69, 9.17) is 11.1 Å². The summed E-state index contributed by atoms with van der Waals surface area (Å²) in [6, 6.07) is 0. The van der Waals surface area contributed by atoms with Crippen molar-refractivity contribution in [3.63, 3.8) is 0 Å². The predicted octanol–water partition coefficient (Wildman–Crippen LogP) is 4.14. The predicted molar refractivity (Wildman–Crippen MR) is 88.7 cm³/mol. The van der Waals surface area contributed by atoms with Gasteiger partial charge in [0.25, 0.3) is 0 Å². The van der Waals surface area contributed by atoms with Gasteiger partial charge in [0.1, 0.15) is 0 Å². The van der Waals surface area contributed by atoms with E-state index in [1.54, 1.807) is 0 Å². The molecule has 0 saturated heterocycles. The molecule has 0 heterocycles. The van der Waals surface area contributed by atoms with Gasteiger partial charge in [-0.05, 0) is 49.9 Å². The Morgan fingerprint density at radius 3 is 2.38 bits per heavy atom. The Bertz CT molecular complexity index is 439. The molecule has 118 valence electrons. The lowest BCUT2D eigenvalue weighted by atomic mass is 9.61. The molecule has 0 amide bonds. The van der Waals surface area contributed by atoms with Gasteiger partial charge in [-0.15, -0.1) is 6.42 Å². The van der Waals surface area contributed by atoms with Gasteiger partial charge in [0.2, 0.25) is 0 Å². The Morgan fingerprint density at radius 1 is 1.29 bits per heavy atom. The SMILES string of the molecule is C#C[C@]1(C)CC(C)(C)CC[C@H]1OB(O)C1(C)CC1C(C)C. The molecule has 21 heavy (non-hydrogen) atoms. The van der Waals surface area contributed by atoms with Crippen molar-refractivity contribution >= 4 is 7.12 Å². The summed E-state index contributed by atoms with van der Waals surface area (Å²) in [5.74, 6) is 4.12. The van der Waals surface area contributed by atoms with Crippen molar-refractivity contribution in [2.45, 2.75) is 78.6 Å². The molecule has 2 aliphatic carbocycles. The molecule has 2 fully saturated rings. The van der Waals surface area contributed by atoms with Crippen molar-refractivity contribution < 1.29 is 9.68 Å². The van der Waals surface area contributed by atoms with Gasteiger partial charge in [-0.3, -0.25) is 0 Å². The molecule has 1 N–H and O–H groups in total. The van der Waals surface area contributed by atoms with Crippen molar-refractivity contribution in [2.24, 2.45) is 22.7 Å². The Morgan fingerprint density at radius 2 is 1.90 bits per heavy atom. The fourth-order valence-corrected chi connectivity index (χ4v) is 4.41. The quantitative estimate of drug-likeness (QED) is 0.623. The zero-order valence-corrected chi connectivity index (χ0v) is 14.6. The van der Waals surface area contributed by atoms with Crippen molar-refractivity contribution in [1.29, 1.82) is 0 Å². The first-order chi connectivity index (χ1) is 9.54. The summed E-state index contributed by atoms with van der Waals surface area (Å²) in [6.07, 6.45) is 9.83. The molecule has 0 aromatic carbocycles. The molecule has 2 rings (SSSR count). The summed E-state index contributed by atoms with van der Waals surface area (Å²) >= 11 is 0. The van der Waals surface area contributed by atoms with Gasteiger partial charge in [0.05, 0.1) is 11.5 Å². The Hall–Kier alpha value is -0.455. The zero-order chi connectivity index (χ0) is 16.1. The number of hydrogen-bond donors (Lipinski definition) is 1. The third-order valence-corrected chi connectivity index (χ3v) is 5.98. The van der Waals surface area contributed by atoms with E-state index < -0.39 is 7.12 Å². The minimum atomic E-state index is -0.691. The van der Waals surface area contributed by atoms with Crippen LogP contribution >= 0.6 is 0 Å². The third-order valence-electron chi connectivity index (χ3n) is 5.98. The number of rotatable bonds is 4. The van der Waals surface area contributed by atoms with Gasteiger partial charge in [0.15, 0.2) is 0 Å². The summed E-state index contributed by atoms with van der Waals surface area (Å²) in [7, 11) is -0.691. The Balaban J connectivity index is 2.04. The maximum absolute atomic E-state index is 10.6. The van der Waals surface area contributed by atoms with Crippen LogP contribution in [0, 0.1) is 35.0 Å². The van der Waals surface area contributed by atoms with Crippen LogP contribution in [0.5, 0.6) is 0 Å². The minimum Gasteiger partial charge on any atom is -0.427 e. The van der Waals surface area contributed by atoms with Crippen LogP contribution in [-0.4, -0.2) is 18.2 Å². The molecule has 0 aromatic heterocycles. The van der Waals surface area contributed by atoms with Gasteiger partial charge >= 0.3 is 7.12 Å². The molecule has 0 aromatic rings. The molecule has 2 saturated carbocycles. The fraction of sp³-hybridized carbons (Fsp3) is 0.889. The van der Waals surface area contributed by atoms with Crippen LogP contribution in [0.2, 0.25) is 5.31 Å². The van der Waals surface area contributed by atoms with Crippen molar-refractivity contribution in [3.8, 4) is 12.3 Å². The van der Waals surface area contributed by atoms with Crippen molar-refractivity contribution in [1.82, 2.24) is 0 Å². The monoisotopic (exact) mass is 290 g/mol. The lowest BCUT2D eigenvalue weighted by Gasteiger charge is -2.46. The van der Waals surface area contributed by atoms with Crippen molar-refractivity contribution in [2.75, 3.05) is 0 Å². The summed E-state index contributed by atoms with van der Waals surface area (Å²) in [6.45, 7) is 13.2. The molecule has 2 aliphatic rings. The van der Waals surface area contributed by atoms with Crippen LogP contribution in [0.25, 0.3) is 0 Å². The summed E-state index contributed by atoms with van der Waals surface area (Å²) in [4.78, 5) is 0. The minimum absolute atomic E-state index is 0.0317. The van der Waals surface area contributed by atoms with E-state index in [-0.39, 0.29) is 22.2 Å². The second-order valence-corrected chi connectivity index (χ2v) is 8.98. The highest BCUT2D eigenvalue weighted by Crippen LogP contribution is 2.64. The van der Waals surface area contributed by atoms with Gasteiger partial charge < -0.3 is 9.68 Å². The van der Waals surface area contributed by atoms with E-state index >= 15 is 0 Å². The van der Waals surface area contributed by atoms with E-state index in [0.717, 1.165) is 25.7 Å². The maximum Gasteiger partial charge on any atom is 0.461 e. The van der Waals surface area contributed by atoms with Crippen LogP contribution in [0.1, 0.15) is 67.2 Å². The van der Waals surface area contributed by atoms with Gasteiger partial charge in [0, 0.05) is 5.31 Å². The van der Waals surface area contributed by atoms with E-state index in [0.29, 0.717) is 11.8 Å². The van der Waals surface area contributed by atoms with E-state index in [1.807, 2.05) is 0 Å². The van der Waals surface area contributed by atoms with Crippen LogP contribution in [0.4, 0.5) is 0 Å².